The Kier molecular flexibility index (Phi) is 4.58. The molecule has 0 aliphatic rings. The molecule has 0 fully saturated rings. The smallest absolute Gasteiger partial charge is 0.257 e. The van der Waals surface area contributed by atoms with Gasteiger partial charge in [0.2, 0.25) is 0 Å². The van der Waals surface area contributed by atoms with Crippen LogP contribution >= 0.6 is 12.2 Å². The van der Waals surface area contributed by atoms with E-state index in [0.29, 0.717) is 5.56 Å². The summed E-state index contributed by atoms with van der Waals surface area (Å²) in [5, 5.41) is 8.21. The average molecular weight is 334 g/mol. The number of carbonyl (C=O) groups excluding carboxylic acids is 1. The van der Waals surface area contributed by atoms with Crippen LogP contribution in [0.4, 0.5) is 5.69 Å². The summed E-state index contributed by atoms with van der Waals surface area (Å²) in [6.45, 7) is 4.05. The molecular weight excluding hydrogens is 316 g/mol. The van der Waals surface area contributed by atoms with Crippen molar-refractivity contribution in [1.82, 2.24) is 5.32 Å². The van der Waals surface area contributed by atoms with E-state index in [1.807, 2.05) is 62.4 Å². The minimum absolute atomic E-state index is 0.220. The lowest BCUT2D eigenvalue weighted by atomic mass is 10.1. The summed E-state index contributed by atoms with van der Waals surface area (Å²) in [5.74, 6) is -0.220. The molecule has 0 unspecified atom stereocenters. The summed E-state index contributed by atoms with van der Waals surface area (Å²) in [4.78, 5) is 12.4. The fraction of sp³-hybridized carbons (Fsp3) is 0.100. The number of thiocarbonyl (C=S) groups is 1. The van der Waals surface area contributed by atoms with Gasteiger partial charge in [0.05, 0.1) is 0 Å². The maximum absolute atomic E-state index is 12.4. The number of carbonyl (C=O) groups is 1. The Hall–Kier alpha value is -2.72. The molecule has 1 amide bonds. The number of anilines is 1. The van der Waals surface area contributed by atoms with Crippen LogP contribution in [0, 0.1) is 13.8 Å². The predicted molar refractivity (Wildman–Crippen MR) is 104 cm³/mol. The van der Waals surface area contributed by atoms with Crippen molar-refractivity contribution in [3.05, 3.63) is 77.4 Å². The highest BCUT2D eigenvalue weighted by molar-refractivity contribution is 7.80. The number of fused-ring (bicyclic) bond motifs is 1. The Morgan fingerprint density at radius 2 is 1.54 bits per heavy atom. The second-order valence-electron chi connectivity index (χ2n) is 5.85. The minimum Gasteiger partial charge on any atom is -0.332 e. The van der Waals surface area contributed by atoms with E-state index in [4.69, 9.17) is 12.2 Å². The molecule has 0 aliphatic carbocycles. The maximum atomic E-state index is 12.4. The van der Waals surface area contributed by atoms with Crippen molar-refractivity contribution in [2.24, 2.45) is 0 Å². The SMILES string of the molecule is Cc1cc(C)cc(NC(=S)NC(=O)c2ccc3ccccc3c2)c1. The molecule has 24 heavy (non-hydrogen) atoms. The number of aryl methyl sites for hydroxylation is 2. The van der Waals surface area contributed by atoms with Crippen LogP contribution in [-0.4, -0.2) is 11.0 Å². The molecule has 0 atom stereocenters. The van der Waals surface area contributed by atoms with Crippen LogP contribution in [0.15, 0.2) is 60.7 Å². The van der Waals surface area contributed by atoms with Gasteiger partial charge in [-0.15, -0.1) is 0 Å². The molecule has 3 nitrogen and oxygen atoms in total. The van der Waals surface area contributed by atoms with Crippen LogP contribution in [0.25, 0.3) is 10.8 Å². The highest BCUT2D eigenvalue weighted by Crippen LogP contribution is 2.16. The fourth-order valence-corrected chi connectivity index (χ4v) is 2.93. The van der Waals surface area contributed by atoms with E-state index in [1.54, 1.807) is 6.07 Å². The molecule has 120 valence electrons. The number of amides is 1. The summed E-state index contributed by atoms with van der Waals surface area (Å²) in [6, 6.07) is 19.6. The summed E-state index contributed by atoms with van der Waals surface area (Å²) in [7, 11) is 0. The lowest BCUT2D eigenvalue weighted by Gasteiger charge is -2.11. The van der Waals surface area contributed by atoms with Crippen molar-refractivity contribution >= 4 is 39.7 Å². The molecule has 0 aromatic heterocycles. The highest BCUT2D eigenvalue weighted by Gasteiger charge is 2.09. The molecule has 2 N–H and O–H groups in total. The monoisotopic (exact) mass is 334 g/mol. The first-order chi connectivity index (χ1) is 11.5. The van der Waals surface area contributed by atoms with Gasteiger partial charge >= 0.3 is 0 Å². The van der Waals surface area contributed by atoms with Gasteiger partial charge in [0.25, 0.3) is 5.91 Å². The van der Waals surface area contributed by atoms with Gasteiger partial charge in [0.1, 0.15) is 0 Å². The van der Waals surface area contributed by atoms with Crippen LogP contribution in [0.1, 0.15) is 21.5 Å². The minimum atomic E-state index is -0.220. The normalized spacial score (nSPS) is 10.4. The molecule has 0 saturated heterocycles. The van der Waals surface area contributed by atoms with Crippen LogP contribution in [-0.2, 0) is 0 Å². The van der Waals surface area contributed by atoms with Crippen LogP contribution in [0.3, 0.4) is 0 Å². The third-order valence-electron chi connectivity index (χ3n) is 3.72. The third kappa shape index (κ3) is 3.78. The number of nitrogens with one attached hydrogen (secondary N) is 2. The summed E-state index contributed by atoms with van der Waals surface area (Å²) in [5.41, 5.74) is 3.73. The van der Waals surface area contributed by atoms with E-state index in [2.05, 4.69) is 16.7 Å². The lowest BCUT2D eigenvalue weighted by molar-refractivity contribution is 0.0978. The maximum Gasteiger partial charge on any atom is 0.257 e. The standard InChI is InChI=1S/C20H18N2OS/c1-13-9-14(2)11-18(10-13)21-20(24)22-19(23)17-8-7-15-5-3-4-6-16(15)12-17/h3-12H,1-2H3,(H2,21,22,23,24). The van der Waals surface area contributed by atoms with E-state index in [9.17, 15) is 4.79 Å². The predicted octanol–water partition coefficient (Wildman–Crippen LogP) is 4.58. The van der Waals surface area contributed by atoms with Gasteiger partial charge in [-0.25, -0.2) is 0 Å². The highest BCUT2D eigenvalue weighted by atomic mass is 32.1. The van der Waals surface area contributed by atoms with Crippen molar-refractivity contribution < 1.29 is 4.79 Å². The fourth-order valence-electron chi connectivity index (χ4n) is 2.72. The quantitative estimate of drug-likeness (QED) is 0.674. The van der Waals surface area contributed by atoms with Gasteiger partial charge in [-0.05, 0) is 72.2 Å². The van der Waals surface area contributed by atoms with E-state index in [1.165, 1.54) is 0 Å². The second-order valence-corrected chi connectivity index (χ2v) is 6.25. The number of rotatable bonds is 2. The molecule has 3 aromatic carbocycles. The Bertz CT molecular complexity index is 914. The Morgan fingerprint density at radius 1 is 0.875 bits per heavy atom. The third-order valence-corrected chi connectivity index (χ3v) is 3.92. The zero-order chi connectivity index (χ0) is 17.1. The van der Waals surface area contributed by atoms with E-state index >= 15 is 0 Å². The van der Waals surface area contributed by atoms with Gasteiger partial charge in [0, 0.05) is 11.3 Å². The van der Waals surface area contributed by atoms with Gasteiger partial charge in [0.15, 0.2) is 5.11 Å². The molecule has 0 spiro atoms. The van der Waals surface area contributed by atoms with Crippen LogP contribution in [0.2, 0.25) is 0 Å². The van der Waals surface area contributed by atoms with E-state index < -0.39 is 0 Å². The lowest BCUT2D eigenvalue weighted by Crippen LogP contribution is -2.34. The summed E-state index contributed by atoms with van der Waals surface area (Å²) >= 11 is 5.25. The molecule has 0 radical (unpaired) electrons. The van der Waals surface area contributed by atoms with Crippen molar-refractivity contribution in [3.63, 3.8) is 0 Å². The molecule has 0 heterocycles. The molecular formula is C20H18N2OS. The Morgan fingerprint density at radius 3 is 2.25 bits per heavy atom. The van der Waals surface area contributed by atoms with E-state index in [-0.39, 0.29) is 11.0 Å². The van der Waals surface area contributed by atoms with Crippen LogP contribution in [0.5, 0.6) is 0 Å². The molecule has 3 rings (SSSR count). The van der Waals surface area contributed by atoms with Crippen molar-refractivity contribution in [2.45, 2.75) is 13.8 Å². The Labute approximate surface area is 146 Å². The van der Waals surface area contributed by atoms with Crippen molar-refractivity contribution in [2.75, 3.05) is 5.32 Å². The molecule has 0 bridgehead atoms. The first kappa shape index (κ1) is 16.1. The summed E-state index contributed by atoms with van der Waals surface area (Å²) < 4.78 is 0. The number of hydrogen-bond acceptors (Lipinski definition) is 2. The average Bonchev–Trinajstić information content (AvgIpc) is 2.53. The van der Waals surface area contributed by atoms with Gasteiger partial charge in [-0.2, -0.15) is 0 Å². The molecule has 3 aromatic rings. The molecule has 0 aliphatic heterocycles. The zero-order valence-corrected chi connectivity index (χ0v) is 14.4. The van der Waals surface area contributed by atoms with Gasteiger partial charge < -0.3 is 5.32 Å². The summed E-state index contributed by atoms with van der Waals surface area (Å²) in [6.07, 6.45) is 0. The number of hydrogen-bond donors (Lipinski definition) is 2. The molecule has 4 heteroatoms. The second kappa shape index (κ2) is 6.81. The van der Waals surface area contributed by atoms with Gasteiger partial charge in [-0.3, -0.25) is 10.1 Å². The number of benzene rings is 3. The van der Waals surface area contributed by atoms with Crippen molar-refractivity contribution in [1.29, 1.82) is 0 Å². The van der Waals surface area contributed by atoms with Gasteiger partial charge in [-0.1, -0.05) is 36.4 Å². The van der Waals surface area contributed by atoms with Crippen LogP contribution < -0.4 is 10.6 Å². The Balaban J connectivity index is 1.72. The molecule has 0 saturated carbocycles. The zero-order valence-electron chi connectivity index (χ0n) is 13.6. The topological polar surface area (TPSA) is 41.1 Å². The first-order valence-corrected chi connectivity index (χ1v) is 8.11. The first-order valence-electron chi connectivity index (χ1n) is 7.71. The van der Waals surface area contributed by atoms with E-state index in [0.717, 1.165) is 27.6 Å². The largest absolute Gasteiger partial charge is 0.332 e. The van der Waals surface area contributed by atoms with Crippen molar-refractivity contribution in [3.8, 4) is 0 Å².